The second kappa shape index (κ2) is 7.77. The average Bonchev–Trinajstić information content (AvgIpc) is 2.48. The van der Waals surface area contributed by atoms with Gasteiger partial charge in [-0.2, -0.15) is 0 Å². The van der Waals surface area contributed by atoms with Gasteiger partial charge in [-0.05, 0) is 35.9 Å². The van der Waals surface area contributed by atoms with E-state index >= 15 is 0 Å². The molecular formula is C17H28N2O. The van der Waals surface area contributed by atoms with Crippen LogP contribution in [0.3, 0.4) is 0 Å². The highest BCUT2D eigenvalue weighted by Crippen LogP contribution is 2.17. The van der Waals surface area contributed by atoms with Crippen LogP contribution in [0.2, 0.25) is 0 Å². The minimum atomic E-state index is 0.540. The van der Waals surface area contributed by atoms with Gasteiger partial charge in [0, 0.05) is 19.6 Å². The second-order valence-corrected chi connectivity index (χ2v) is 6.12. The summed E-state index contributed by atoms with van der Waals surface area (Å²) in [5.41, 5.74) is 8.77. The summed E-state index contributed by atoms with van der Waals surface area (Å²) in [6.07, 6.45) is 1.08. The highest BCUT2D eigenvalue weighted by molar-refractivity contribution is 5.25. The lowest BCUT2D eigenvalue weighted by Gasteiger charge is -2.30. The first-order valence-electron chi connectivity index (χ1n) is 7.78. The molecular weight excluding hydrogens is 248 g/mol. The predicted molar refractivity (Wildman–Crippen MR) is 84.0 cm³/mol. The van der Waals surface area contributed by atoms with Gasteiger partial charge in [-0.15, -0.1) is 0 Å². The third-order valence-electron chi connectivity index (χ3n) is 4.12. The number of rotatable bonds is 6. The van der Waals surface area contributed by atoms with Gasteiger partial charge in [0.05, 0.1) is 13.2 Å². The van der Waals surface area contributed by atoms with Crippen LogP contribution in [0.1, 0.15) is 30.9 Å². The van der Waals surface area contributed by atoms with Crippen molar-refractivity contribution < 1.29 is 4.74 Å². The lowest BCUT2D eigenvalue weighted by atomic mass is 9.95. The van der Waals surface area contributed by atoms with Crippen LogP contribution in [-0.2, 0) is 11.2 Å². The van der Waals surface area contributed by atoms with E-state index in [1.54, 1.807) is 0 Å². The van der Waals surface area contributed by atoms with Crippen LogP contribution in [0.25, 0.3) is 0 Å². The van der Waals surface area contributed by atoms with Crippen LogP contribution >= 0.6 is 0 Å². The number of hydrogen-bond acceptors (Lipinski definition) is 3. The molecule has 0 saturated carbocycles. The molecule has 0 bridgehead atoms. The van der Waals surface area contributed by atoms with Gasteiger partial charge in [-0.25, -0.2) is 0 Å². The molecule has 1 aliphatic heterocycles. The van der Waals surface area contributed by atoms with Gasteiger partial charge in [-0.1, -0.05) is 38.1 Å². The van der Waals surface area contributed by atoms with Crippen LogP contribution in [-0.4, -0.2) is 44.3 Å². The molecule has 112 valence electrons. The van der Waals surface area contributed by atoms with Crippen LogP contribution in [0.5, 0.6) is 0 Å². The van der Waals surface area contributed by atoms with Crippen molar-refractivity contribution in [2.45, 2.75) is 26.2 Å². The van der Waals surface area contributed by atoms with E-state index in [0.29, 0.717) is 11.8 Å². The van der Waals surface area contributed by atoms with Crippen molar-refractivity contribution in [3.8, 4) is 0 Å². The Bertz CT molecular complexity index is 382. The van der Waals surface area contributed by atoms with Gasteiger partial charge in [0.2, 0.25) is 0 Å². The molecule has 1 fully saturated rings. The van der Waals surface area contributed by atoms with Crippen molar-refractivity contribution in [2.75, 3.05) is 39.4 Å². The highest BCUT2D eigenvalue weighted by atomic mass is 16.5. The maximum absolute atomic E-state index is 5.96. The molecule has 2 N–H and O–H groups in total. The smallest absolute Gasteiger partial charge is 0.0594 e. The molecule has 3 heteroatoms. The summed E-state index contributed by atoms with van der Waals surface area (Å²) in [5.74, 6) is 1.14. The summed E-state index contributed by atoms with van der Waals surface area (Å²) in [5, 5.41) is 0. The van der Waals surface area contributed by atoms with E-state index in [1.165, 1.54) is 11.1 Å². The summed E-state index contributed by atoms with van der Waals surface area (Å²) < 4.78 is 5.40. The van der Waals surface area contributed by atoms with E-state index in [-0.39, 0.29) is 0 Å². The number of hydrogen-bond donors (Lipinski definition) is 1. The molecule has 1 aliphatic rings. The number of ether oxygens (including phenoxy) is 1. The summed E-state index contributed by atoms with van der Waals surface area (Å²) in [6, 6.07) is 9.03. The van der Waals surface area contributed by atoms with E-state index in [9.17, 15) is 0 Å². The molecule has 1 unspecified atom stereocenters. The van der Waals surface area contributed by atoms with Crippen LogP contribution in [0, 0.1) is 5.92 Å². The van der Waals surface area contributed by atoms with Crippen molar-refractivity contribution in [3.63, 3.8) is 0 Å². The zero-order valence-corrected chi connectivity index (χ0v) is 12.8. The summed E-state index contributed by atoms with van der Waals surface area (Å²) in [7, 11) is 0. The molecule has 20 heavy (non-hydrogen) atoms. The molecule has 1 aromatic rings. The van der Waals surface area contributed by atoms with E-state index in [1.807, 2.05) is 0 Å². The van der Waals surface area contributed by atoms with Gasteiger partial charge in [0.25, 0.3) is 0 Å². The number of benzene rings is 1. The minimum absolute atomic E-state index is 0.540. The molecule has 0 aromatic heterocycles. The molecule has 0 aliphatic carbocycles. The Morgan fingerprint density at radius 2 is 1.80 bits per heavy atom. The molecule has 2 rings (SSSR count). The maximum atomic E-state index is 5.96. The molecule has 1 saturated heterocycles. The van der Waals surface area contributed by atoms with Gasteiger partial charge in [0.1, 0.15) is 0 Å². The Hall–Kier alpha value is -0.900. The van der Waals surface area contributed by atoms with Crippen molar-refractivity contribution in [1.29, 1.82) is 0 Å². The third kappa shape index (κ3) is 4.58. The quantitative estimate of drug-likeness (QED) is 0.866. The molecule has 1 heterocycles. The first kappa shape index (κ1) is 15.5. The normalized spacial score (nSPS) is 18.4. The van der Waals surface area contributed by atoms with Crippen molar-refractivity contribution in [2.24, 2.45) is 11.7 Å². The van der Waals surface area contributed by atoms with Crippen LogP contribution in [0.15, 0.2) is 24.3 Å². The monoisotopic (exact) mass is 276 g/mol. The van der Waals surface area contributed by atoms with Gasteiger partial charge in [-0.3, -0.25) is 4.90 Å². The largest absolute Gasteiger partial charge is 0.379 e. The molecule has 3 nitrogen and oxygen atoms in total. The van der Waals surface area contributed by atoms with Crippen LogP contribution in [0.4, 0.5) is 0 Å². The topological polar surface area (TPSA) is 38.5 Å². The Balaban J connectivity index is 1.88. The SMILES string of the molecule is CC(C)c1ccc(CC(CN)CN2CCOCC2)cc1. The van der Waals surface area contributed by atoms with Crippen molar-refractivity contribution in [3.05, 3.63) is 35.4 Å². The number of nitrogens with zero attached hydrogens (tertiary/aromatic N) is 1. The molecule has 0 amide bonds. The Kier molecular flexibility index (Phi) is 6.02. The third-order valence-corrected chi connectivity index (χ3v) is 4.12. The Morgan fingerprint density at radius 1 is 1.15 bits per heavy atom. The van der Waals surface area contributed by atoms with E-state index in [0.717, 1.165) is 45.8 Å². The van der Waals surface area contributed by atoms with E-state index < -0.39 is 0 Å². The summed E-state index contributed by atoms with van der Waals surface area (Å²) in [6.45, 7) is 10.1. The molecule has 1 aromatic carbocycles. The van der Waals surface area contributed by atoms with E-state index in [2.05, 4.69) is 43.0 Å². The van der Waals surface area contributed by atoms with Crippen LogP contribution < -0.4 is 5.73 Å². The average molecular weight is 276 g/mol. The first-order chi connectivity index (χ1) is 9.69. The van der Waals surface area contributed by atoms with Crippen molar-refractivity contribution in [1.82, 2.24) is 4.90 Å². The standard InChI is InChI=1S/C17H28N2O/c1-14(2)17-5-3-15(4-6-17)11-16(12-18)13-19-7-9-20-10-8-19/h3-6,14,16H,7-13,18H2,1-2H3. The summed E-state index contributed by atoms with van der Waals surface area (Å²) in [4.78, 5) is 2.48. The summed E-state index contributed by atoms with van der Waals surface area (Å²) >= 11 is 0. The number of nitrogens with two attached hydrogens (primary N) is 1. The fourth-order valence-electron chi connectivity index (χ4n) is 2.74. The molecule has 1 atom stereocenters. The molecule has 0 spiro atoms. The number of morpholine rings is 1. The lowest BCUT2D eigenvalue weighted by molar-refractivity contribution is 0.0312. The van der Waals surface area contributed by atoms with Gasteiger partial charge >= 0.3 is 0 Å². The maximum Gasteiger partial charge on any atom is 0.0594 e. The fraction of sp³-hybridized carbons (Fsp3) is 0.647. The lowest BCUT2D eigenvalue weighted by Crippen LogP contribution is -2.41. The Labute approximate surface area is 123 Å². The minimum Gasteiger partial charge on any atom is -0.379 e. The zero-order valence-electron chi connectivity index (χ0n) is 12.8. The first-order valence-corrected chi connectivity index (χ1v) is 7.78. The Morgan fingerprint density at radius 3 is 2.35 bits per heavy atom. The molecule has 0 radical (unpaired) electrons. The van der Waals surface area contributed by atoms with Gasteiger partial charge < -0.3 is 10.5 Å². The van der Waals surface area contributed by atoms with E-state index in [4.69, 9.17) is 10.5 Å². The fourth-order valence-corrected chi connectivity index (χ4v) is 2.74. The predicted octanol–water partition coefficient (Wildman–Crippen LogP) is 2.26. The van der Waals surface area contributed by atoms with Crippen molar-refractivity contribution >= 4 is 0 Å². The van der Waals surface area contributed by atoms with Gasteiger partial charge in [0.15, 0.2) is 0 Å². The zero-order chi connectivity index (χ0) is 14.4. The second-order valence-electron chi connectivity index (χ2n) is 6.12. The highest BCUT2D eigenvalue weighted by Gasteiger charge is 2.16.